The van der Waals surface area contributed by atoms with Crippen molar-refractivity contribution in [2.45, 2.75) is 72.3 Å². The van der Waals surface area contributed by atoms with Gasteiger partial charge in [0.05, 0.1) is 12.0 Å². The van der Waals surface area contributed by atoms with Crippen molar-refractivity contribution < 1.29 is 14.3 Å². The first kappa shape index (κ1) is 19.1. The second kappa shape index (κ2) is 9.98. The molecule has 1 heterocycles. The van der Waals surface area contributed by atoms with Crippen LogP contribution in [-0.2, 0) is 14.3 Å². The molecular weight excluding hydrogens is 278 g/mol. The highest BCUT2D eigenvalue weighted by Gasteiger charge is 2.42. The predicted octanol–water partition coefficient (Wildman–Crippen LogP) is 3.44. The Kier molecular flexibility index (Phi) is 8.69. The fraction of sp³-hybridized carbons (Fsp3) is 0.889. The van der Waals surface area contributed by atoms with Crippen molar-refractivity contribution in [3.63, 3.8) is 0 Å². The van der Waals surface area contributed by atoms with Crippen molar-refractivity contribution in [2.75, 3.05) is 19.7 Å². The zero-order valence-electron chi connectivity index (χ0n) is 14.8. The number of ether oxygens (including phenoxy) is 1. The van der Waals surface area contributed by atoms with Crippen molar-refractivity contribution >= 4 is 11.7 Å². The molecule has 1 amide bonds. The molecule has 1 aliphatic rings. The number of carbonyl (C=O) groups is 2. The standard InChI is InChI=1S/C18H33NO3/c1-5-8-9-10-11-15(14(4)20)17(16-12-13-22-16)18(21)19(6-2)7-3/h15-17H,5-13H2,1-4H3/t15?,16?,17-/m0/s1. The highest BCUT2D eigenvalue weighted by Crippen LogP contribution is 2.32. The molecule has 4 heteroatoms. The minimum Gasteiger partial charge on any atom is -0.377 e. The van der Waals surface area contributed by atoms with E-state index in [4.69, 9.17) is 4.74 Å². The summed E-state index contributed by atoms with van der Waals surface area (Å²) < 4.78 is 5.61. The summed E-state index contributed by atoms with van der Waals surface area (Å²) in [6, 6.07) is 0. The van der Waals surface area contributed by atoms with Gasteiger partial charge in [0.15, 0.2) is 0 Å². The molecule has 0 saturated carbocycles. The number of amides is 1. The van der Waals surface area contributed by atoms with Gasteiger partial charge in [-0.1, -0.05) is 32.6 Å². The number of Topliss-reactive ketones (excluding diaryl/α,β-unsaturated/α-hetero) is 1. The van der Waals surface area contributed by atoms with Crippen LogP contribution in [0.5, 0.6) is 0 Å². The average Bonchev–Trinajstić information content (AvgIpc) is 2.44. The fourth-order valence-electron chi connectivity index (χ4n) is 3.30. The number of hydrogen-bond donors (Lipinski definition) is 0. The van der Waals surface area contributed by atoms with Crippen LogP contribution in [0.2, 0.25) is 0 Å². The van der Waals surface area contributed by atoms with Crippen molar-refractivity contribution in [3.8, 4) is 0 Å². The molecule has 1 rings (SSSR count). The monoisotopic (exact) mass is 311 g/mol. The largest absolute Gasteiger partial charge is 0.377 e. The van der Waals surface area contributed by atoms with Crippen LogP contribution in [0, 0.1) is 11.8 Å². The highest BCUT2D eigenvalue weighted by molar-refractivity contribution is 5.88. The number of nitrogens with zero attached hydrogens (tertiary/aromatic N) is 1. The first-order valence-electron chi connectivity index (χ1n) is 8.97. The third-order valence-corrected chi connectivity index (χ3v) is 4.82. The first-order valence-corrected chi connectivity index (χ1v) is 8.97. The van der Waals surface area contributed by atoms with Gasteiger partial charge in [0, 0.05) is 25.6 Å². The van der Waals surface area contributed by atoms with E-state index in [1.807, 2.05) is 18.7 Å². The molecule has 4 nitrogen and oxygen atoms in total. The average molecular weight is 311 g/mol. The van der Waals surface area contributed by atoms with Gasteiger partial charge < -0.3 is 9.64 Å². The van der Waals surface area contributed by atoms with Crippen LogP contribution in [0.25, 0.3) is 0 Å². The minimum atomic E-state index is -0.284. The molecule has 2 unspecified atom stereocenters. The summed E-state index contributed by atoms with van der Waals surface area (Å²) in [7, 11) is 0. The number of carbonyl (C=O) groups excluding carboxylic acids is 2. The van der Waals surface area contributed by atoms with Gasteiger partial charge in [0.25, 0.3) is 0 Å². The second-order valence-corrected chi connectivity index (χ2v) is 6.30. The Bertz CT molecular complexity index is 348. The Morgan fingerprint density at radius 2 is 1.77 bits per heavy atom. The highest BCUT2D eigenvalue weighted by atomic mass is 16.5. The lowest BCUT2D eigenvalue weighted by Crippen LogP contribution is -2.50. The molecule has 0 aliphatic carbocycles. The van der Waals surface area contributed by atoms with Crippen LogP contribution >= 0.6 is 0 Å². The van der Waals surface area contributed by atoms with E-state index >= 15 is 0 Å². The molecule has 3 atom stereocenters. The van der Waals surface area contributed by atoms with E-state index in [1.54, 1.807) is 6.92 Å². The molecule has 0 N–H and O–H groups in total. The third kappa shape index (κ3) is 5.08. The Balaban J connectivity index is 2.80. The van der Waals surface area contributed by atoms with Gasteiger partial charge in [0.2, 0.25) is 5.91 Å². The summed E-state index contributed by atoms with van der Waals surface area (Å²) in [5.74, 6) is -0.231. The molecule has 0 bridgehead atoms. The van der Waals surface area contributed by atoms with E-state index in [9.17, 15) is 9.59 Å². The molecule has 0 radical (unpaired) electrons. The maximum atomic E-state index is 12.9. The lowest BCUT2D eigenvalue weighted by atomic mass is 9.78. The minimum absolute atomic E-state index is 0.0619. The predicted molar refractivity (Wildman–Crippen MR) is 88.7 cm³/mol. The summed E-state index contributed by atoms with van der Waals surface area (Å²) in [4.78, 5) is 26.9. The van der Waals surface area contributed by atoms with Gasteiger partial charge in [-0.25, -0.2) is 0 Å². The summed E-state index contributed by atoms with van der Waals surface area (Å²) in [5, 5.41) is 0. The van der Waals surface area contributed by atoms with Gasteiger partial charge in [-0.3, -0.25) is 9.59 Å². The van der Waals surface area contributed by atoms with E-state index in [2.05, 4.69) is 6.92 Å². The van der Waals surface area contributed by atoms with Crippen molar-refractivity contribution in [2.24, 2.45) is 11.8 Å². The van der Waals surface area contributed by atoms with Crippen LogP contribution < -0.4 is 0 Å². The van der Waals surface area contributed by atoms with Gasteiger partial charge in [-0.15, -0.1) is 0 Å². The van der Waals surface area contributed by atoms with E-state index in [0.29, 0.717) is 19.7 Å². The first-order chi connectivity index (χ1) is 10.6. The Morgan fingerprint density at radius 1 is 1.14 bits per heavy atom. The van der Waals surface area contributed by atoms with Gasteiger partial charge in [-0.2, -0.15) is 0 Å². The molecule has 22 heavy (non-hydrogen) atoms. The molecule has 0 aromatic carbocycles. The molecule has 0 spiro atoms. The van der Waals surface area contributed by atoms with Crippen LogP contribution in [0.4, 0.5) is 0 Å². The van der Waals surface area contributed by atoms with Crippen molar-refractivity contribution in [1.82, 2.24) is 4.90 Å². The number of ketones is 1. The van der Waals surface area contributed by atoms with E-state index in [1.165, 1.54) is 12.8 Å². The lowest BCUT2D eigenvalue weighted by Gasteiger charge is -2.39. The number of rotatable bonds is 11. The molecular formula is C18H33NO3. The second-order valence-electron chi connectivity index (χ2n) is 6.30. The van der Waals surface area contributed by atoms with Gasteiger partial charge in [-0.05, 0) is 33.6 Å². The quantitative estimate of drug-likeness (QED) is 0.549. The molecule has 1 saturated heterocycles. The van der Waals surface area contributed by atoms with E-state index < -0.39 is 0 Å². The van der Waals surface area contributed by atoms with Crippen LogP contribution in [-0.4, -0.2) is 42.4 Å². The maximum Gasteiger partial charge on any atom is 0.229 e. The number of hydrogen-bond acceptors (Lipinski definition) is 3. The maximum absolute atomic E-state index is 12.9. The third-order valence-electron chi connectivity index (χ3n) is 4.82. The smallest absolute Gasteiger partial charge is 0.229 e. The molecule has 0 aromatic rings. The molecule has 1 fully saturated rings. The zero-order chi connectivity index (χ0) is 16.5. The SMILES string of the molecule is CCCCCCC(C(C)=O)[C@H](C(=O)N(CC)CC)C1CCO1. The number of unbranched alkanes of at least 4 members (excludes halogenated alkanes) is 3. The lowest BCUT2D eigenvalue weighted by molar-refractivity contribution is -0.159. The Hall–Kier alpha value is -0.900. The molecule has 0 aromatic heterocycles. The summed E-state index contributed by atoms with van der Waals surface area (Å²) in [5.41, 5.74) is 0. The molecule has 1 aliphatic heterocycles. The normalized spacial score (nSPS) is 20.1. The van der Waals surface area contributed by atoms with Crippen LogP contribution in [0.3, 0.4) is 0 Å². The zero-order valence-corrected chi connectivity index (χ0v) is 14.8. The summed E-state index contributed by atoms with van der Waals surface area (Å²) in [6.45, 7) is 9.89. The Labute approximate surface area is 135 Å². The van der Waals surface area contributed by atoms with Crippen molar-refractivity contribution in [1.29, 1.82) is 0 Å². The fourth-order valence-corrected chi connectivity index (χ4v) is 3.30. The summed E-state index contributed by atoms with van der Waals surface area (Å²) in [6.07, 6.45) is 6.18. The summed E-state index contributed by atoms with van der Waals surface area (Å²) >= 11 is 0. The van der Waals surface area contributed by atoms with Gasteiger partial charge in [0.1, 0.15) is 5.78 Å². The van der Waals surface area contributed by atoms with E-state index in [-0.39, 0.29) is 29.6 Å². The molecule has 128 valence electrons. The topological polar surface area (TPSA) is 46.6 Å². The Morgan fingerprint density at radius 3 is 2.18 bits per heavy atom. The van der Waals surface area contributed by atoms with Crippen LogP contribution in [0.15, 0.2) is 0 Å². The van der Waals surface area contributed by atoms with Gasteiger partial charge >= 0.3 is 0 Å². The van der Waals surface area contributed by atoms with Crippen LogP contribution in [0.1, 0.15) is 66.2 Å². The van der Waals surface area contributed by atoms with E-state index in [0.717, 1.165) is 25.7 Å². The van der Waals surface area contributed by atoms with Crippen molar-refractivity contribution in [3.05, 3.63) is 0 Å².